The van der Waals surface area contributed by atoms with Crippen molar-refractivity contribution in [2.75, 3.05) is 12.4 Å². The third kappa shape index (κ3) is 1.73. The molecule has 4 nitrogen and oxygen atoms in total. The first-order valence-corrected chi connectivity index (χ1v) is 3.74. The monoisotopic (exact) mass is 230 g/mol. The molecular formula is C6H7F5N4. The first-order valence-electron chi connectivity index (χ1n) is 3.74. The average molecular weight is 230 g/mol. The van der Waals surface area contributed by atoms with Gasteiger partial charge in [-0.05, 0) is 0 Å². The maximum atomic E-state index is 12.8. The number of alkyl halides is 5. The van der Waals surface area contributed by atoms with Gasteiger partial charge in [0.15, 0.2) is 0 Å². The van der Waals surface area contributed by atoms with Crippen molar-refractivity contribution in [2.24, 2.45) is 7.05 Å². The van der Waals surface area contributed by atoms with Crippen LogP contribution in [-0.2, 0) is 13.0 Å². The summed E-state index contributed by atoms with van der Waals surface area (Å²) in [5.41, 5.74) is 0. The molecule has 0 saturated carbocycles. The van der Waals surface area contributed by atoms with Gasteiger partial charge in [-0.1, -0.05) is 0 Å². The van der Waals surface area contributed by atoms with E-state index >= 15 is 0 Å². The Bertz CT molecular complexity index is 355. The van der Waals surface area contributed by atoms with E-state index in [1.54, 1.807) is 0 Å². The molecule has 1 N–H and O–H groups in total. The van der Waals surface area contributed by atoms with E-state index in [2.05, 4.69) is 15.5 Å². The molecule has 0 unspecified atom stereocenters. The van der Waals surface area contributed by atoms with E-state index in [-0.39, 0.29) is 5.95 Å². The number of halogens is 5. The van der Waals surface area contributed by atoms with Crippen molar-refractivity contribution >= 4 is 5.95 Å². The molecule has 1 heterocycles. The summed E-state index contributed by atoms with van der Waals surface area (Å²) in [6.07, 6.45) is -5.68. The molecule has 86 valence electrons. The Hall–Kier alpha value is -1.41. The molecule has 0 aliphatic rings. The number of hydrogen-bond donors (Lipinski definition) is 1. The van der Waals surface area contributed by atoms with Crippen LogP contribution in [0.4, 0.5) is 27.9 Å². The molecule has 0 fully saturated rings. The fourth-order valence-electron chi connectivity index (χ4n) is 0.947. The van der Waals surface area contributed by atoms with Gasteiger partial charge in [0.25, 0.3) is 0 Å². The van der Waals surface area contributed by atoms with Gasteiger partial charge in [-0.3, -0.25) is 4.57 Å². The van der Waals surface area contributed by atoms with E-state index in [4.69, 9.17) is 0 Å². The summed E-state index contributed by atoms with van der Waals surface area (Å²) in [5, 5.41) is 8.27. The molecule has 0 bridgehead atoms. The molecule has 0 spiro atoms. The van der Waals surface area contributed by atoms with Crippen LogP contribution in [0.5, 0.6) is 0 Å². The highest BCUT2D eigenvalue weighted by molar-refractivity contribution is 5.25. The van der Waals surface area contributed by atoms with E-state index in [1.807, 2.05) is 0 Å². The van der Waals surface area contributed by atoms with Gasteiger partial charge in [0.05, 0.1) is 0 Å². The van der Waals surface area contributed by atoms with Crippen LogP contribution in [0.2, 0.25) is 0 Å². The van der Waals surface area contributed by atoms with Gasteiger partial charge in [0, 0.05) is 14.1 Å². The third-order valence-corrected chi connectivity index (χ3v) is 1.74. The van der Waals surface area contributed by atoms with Gasteiger partial charge in [-0.25, -0.2) is 0 Å². The Kier molecular flexibility index (Phi) is 2.58. The second kappa shape index (κ2) is 3.31. The predicted octanol–water partition coefficient (Wildman–Crippen LogP) is 1.51. The van der Waals surface area contributed by atoms with Crippen LogP contribution in [0.15, 0.2) is 0 Å². The van der Waals surface area contributed by atoms with E-state index < -0.39 is 17.9 Å². The lowest BCUT2D eigenvalue weighted by atomic mass is 10.3. The van der Waals surface area contributed by atoms with Crippen molar-refractivity contribution < 1.29 is 22.0 Å². The van der Waals surface area contributed by atoms with Crippen LogP contribution in [0, 0.1) is 0 Å². The van der Waals surface area contributed by atoms with Crippen LogP contribution in [0.3, 0.4) is 0 Å². The SMILES string of the molecule is CNc1nnc(C(F)(F)C(F)(F)F)n1C. The Labute approximate surface area is 81.1 Å². The summed E-state index contributed by atoms with van der Waals surface area (Å²) in [6, 6.07) is 0. The first-order chi connectivity index (χ1) is 6.71. The number of hydrogen-bond acceptors (Lipinski definition) is 3. The maximum absolute atomic E-state index is 12.8. The molecule has 1 aromatic heterocycles. The highest BCUT2D eigenvalue weighted by atomic mass is 19.4. The zero-order chi connectivity index (χ0) is 11.9. The largest absolute Gasteiger partial charge is 0.461 e. The fraction of sp³-hybridized carbons (Fsp3) is 0.667. The third-order valence-electron chi connectivity index (χ3n) is 1.74. The smallest absolute Gasteiger partial charge is 0.357 e. The second-order valence-corrected chi connectivity index (χ2v) is 2.73. The number of aromatic nitrogens is 3. The summed E-state index contributed by atoms with van der Waals surface area (Å²) in [5.74, 6) is -6.63. The molecule has 1 aromatic rings. The maximum Gasteiger partial charge on any atom is 0.461 e. The molecule has 1 rings (SSSR count). The Morgan fingerprint density at radius 3 is 2.00 bits per heavy atom. The van der Waals surface area contributed by atoms with Crippen LogP contribution >= 0.6 is 0 Å². The molecule has 15 heavy (non-hydrogen) atoms. The number of nitrogens with zero attached hydrogens (tertiary/aromatic N) is 3. The molecule has 0 aliphatic heterocycles. The zero-order valence-corrected chi connectivity index (χ0v) is 7.73. The Balaban J connectivity index is 3.22. The minimum atomic E-state index is -5.68. The van der Waals surface area contributed by atoms with E-state index in [9.17, 15) is 22.0 Å². The average Bonchev–Trinajstić information content (AvgIpc) is 2.44. The Morgan fingerprint density at radius 2 is 1.67 bits per heavy atom. The lowest BCUT2D eigenvalue weighted by Crippen LogP contribution is -2.36. The van der Waals surface area contributed by atoms with Crippen molar-refractivity contribution in [3.8, 4) is 0 Å². The van der Waals surface area contributed by atoms with Gasteiger partial charge in [-0.15, -0.1) is 10.2 Å². The zero-order valence-electron chi connectivity index (χ0n) is 7.73. The minimum Gasteiger partial charge on any atom is -0.357 e. The summed E-state index contributed by atoms with van der Waals surface area (Å²) < 4.78 is 62.0. The fourth-order valence-corrected chi connectivity index (χ4v) is 0.947. The van der Waals surface area contributed by atoms with Crippen molar-refractivity contribution in [1.29, 1.82) is 0 Å². The van der Waals surface area contributed by atoms with E-state index in [0.29, 0.717) is 4.57 Å². The van der Waals surface area contributed by atoms with Gasteiger partial charge in [0.2, 0.25) is 11.8 Å². The summed E-state index contributed by atoms with van der Waals surface area (Å²) in [7, 11) is 2.35. The normalized spacial score (nSPS) is 13.0. The number of nitrogens with one attached hydrogen (secondary N) is 1. The van der Waals surface area contributed by atoms with Crippen molar-refractivity contribution in [2.45, 2.75) is 12.1 Å². The molecule has 0 radical (unpaired) electrons. The highest BCUT2D eigenvalue weighted by Gasteiger charge is 2.62. The van der Waals surface area contributed by atoms with Crippen LogP contribution in [0.1, 0.15) is 5.82 Å². The second-order valence-electron chi connectivity index (χ2n) is 2.73. The quantitative estimate of drug-likeness (QED) is 0.783. The lowest BCUT2D eigenvalue weighted by molar-refractivity contribution is -0.293. The van der Waals surface area contributed by atoms with Gasteiger partial charge in [0.1, 0.15) is 0 Å². The molecule has 0 amide bonds. The number of anilines is 1. The minimum absolute atomic E-state index is 0.172. The van der Waals surface area contributed by atoms with E-state index in [1.165, 1.54) is 7.05 Å². The summed E-state index contributed by atoms with van der Waals surface area (Å²) in [6.45, 7) is 0. The van der Waals surface area contributed by atoms with E-state index in [0.717, 1.165) is 7.05 Å². The van der Waals surface area contributed by atoms with Crippen LogP contribution in [0.25, 0.3) is 0 Å². The topological polar surface area (TPSA) is 42.7 Å². The van der Waals surface area contributed by atoms with Crippen molar-refractivity contribution in [3.63, 3.8) is 0 Å². The molecule has 9 heteroatoms. The first kappa shape index (κ1) is 11.7. The van der Waals surface area contributed by atoms with Crippen LogP contribution < -0.4 is 5.32 Å². The molecule has 0 saturated heterocycles. The summed E-state index contributed by atoms with van der Waals surface area (Å²) >= 11 is 0. The molecule has 0 aliphatic carbocycles. The van der Waals surface area contributed by atoms with Crippen LogP contribution in [-0.4, -0.2) is 28.0 Å². The summed E-state index contributed by atoms with van der Waals surface area (Å²) in [4.78, 5) is 0. The van der Waals surface area contributed by atoms with Crippen molar-refractivity contribution in [3.05, 3.63) is 5.82 Å². The standard InChI is InChI=1S/C6H7F5N4/c1-12-4-14-13-3(15(4)2)5(7,8)6(9,10)11/h1-2H3,(H,12,14). The van der Waals surface area contributed by atoms with Crippen molar-refractivity contribution in [1.82, 2.24) is 14.8 Å². The molecule has 0 atom stereocenters. The number of rotatable bonds is 2. The highest BCUT2D eigenvalue weighted by Crippen LogP contribution is 2.43. The lowest BCUT2D eigenvalue weighted by Gasteiger charge is -2.18. The predicted molar refractivity (Wildman–Crippen MR) is 40.5 cm³/mol. The molecule has 0 aromatic carbocycles. The Morgan fingerprint density at radius 1 is 1.13 bits per heavy atom. The van der Waals surface area contributed by atoms with Gasteiger partial charge < -0.3 is 5.32 Å². The van der Waals surface area contributed by atoms with Gasteiger partial charge >= 0.3 is 12.1 Å². The molecular weight excluding hydrogens is 223 g/mol. The van der Waals surface area contributed by atoms with Gasteiger partial charge in [-0.2, -0.15) is 22.0 Å².